The minimum Gasteiger partial charge on any atom is -0.493 e. The molecule has 19 heavy (non-hydrogen) atoms. The van der Waals surface area contributed by atoms with Gasteiger partial charge in [-0.05, 0) is 31.7 Å². The minimum atomic E-state index is 0.445. The summed E-state index contributed by atoms with van der Waals surface area (Å²) in [5.74, 6) is 2.47. The summed E-state index contributed by atoms with van der Waals surface area (Å²) in [7, 11) is 0. The molecule has 1 N–H and O–H groups in total. The number of hydrogen-bond donors (Lipinski definition) is 1. The summed E-state index contributed by atoms with van der Waals surface area (Å²) in [5, 5.41) is 3.89. The minimum absolute atomic E-state index is 0.445. The Morgan fingerprint density at radius 2 is 1.95 bits per heavy atom. The molecule has 1 aromatic rings. The molecule has 0 spiro atoms. The molecule has 2 nitrogen and oxygen atoms in total. The topological polar surface area (TPSA) is 21.3 Å². The Balaban J connectivity index is 1.75. The second-order valence-corrected chi connectivity index (χ2v) is 6.30. The van der Waals surface area contributed by atoms with E-state index in [1.165, 1.54) is 31.2 Å². The van der Waals surface area contributed by atoms with Crippen molar-refractivity contribution in [1.82, 2.24) is 5.32 Å². The number of nitrogens with one attached hydrogen (secondary N) is 1. The van der Waals surface area contributed by atoms with Gasteiger partial charge in [-0.1, -0.05) is 38.0 Å². The number of ether oxygens (including phenoxy) is 1. The Bertz CT molecular complexity index is 425. The molecule has 0 saturated heterocycles. The molecule has 2 aliphatic rings. The van der Waals surface area contributed by atoms with Gasteiger partial charge in [-0.15, -0.1) is 0 Å². The molecule has 0 amide bonds. The highest BCUT2D eigenvalue weighted by Crippen LogP contribution is 2.37. The molecule has 0 bridgehead atoms. The predicted molar refractivity (Wildman–Crippen MR) is 78.4 cm³/mol. The lowest BCUT2D eigenvalue weighted by atomic mass is 9.89. The number of hydrogen-bond acceptors (Lipinski definition) is 2. The first-order chi connectivity index (χ1) is 9.25. The third-order valence-electron chi connectivity index (χ3n) is 4.87. The molecule has 1 aromatic carbocycles. The molecule has 0 aromatic heterocycles. The summed E-state index contributed by atoms with van der Waals surface area (Å²) in [6.45, 7) is 5.47. The first kappa shape index (κ1) is 13.0. The average Bonchev–Trinajstić information content (AvgIpc) is 2.96. The summed E-state index contributed by atoms with van der Waals surface area (Å²) in [6, 6.07) is 9.54. The van der Waals surface area contributed by atoms with Crippen LogP contribution in [-0.4, -0.2) is 12.6 Å². The summed E-state index contributed by atoms with van der Waals surface area (Å²) >= 11 is 0. The van der Waals surface area contributed by atoms with Gasteiger partial charge in [0.1, 0.15) is 5.75 Å². The van der Waals surface area contributed by atoms with E-state index in [0.29, 0.717) is 18.0 Å². The Labute approximate surface area is 116 Å². The van der Waals surface area contributed by atoms with Crippen LogP contribution in [0, 0.1) is 11.8 Å². The number of fused-ring (bicyclic) bond motifs is 1. The highest BCUT2D eigenvalue weighted by molar-refractivity contribution is 5.38. The monoisotopic (exact) mass is 259 g/mol. The van der Waals surface area contributed by atoms with Crippen molar-refractivity contribution in [3.8, 4) is 5.75 Å². The van der Waals surface area contributed by atoms with Gasteiger partial charge in [-0.25, -0.2) is 0 Å². The largest absolute Gasteiger partial charge is 0.493 e. The van der Waals surface area contributed by atoms with E-state index in [-0.39, 0.29) is 0 Å². The molecular weight excluding hydrogens is 234 g/mol. The first-order valence-corrected chi connectivity index (χ1v) is 7.73. The van der Waals surface area contributed by atoms with Gasteiger partial charge in [-0.2, -0.15) is 0 Å². The Hall–Kier alpha value is -1.02. The van der Waals surface area contributed by atoms with Crippen molar-refractivity contribution >= 4 is 0 Å². The molecule has 2 heteroatoms. The molecule has 1 fully saturated rings. The van der Waals surface area contributed by atoms with E-state index in [4.69, 9.17) is 4.74 Å². The maximum absolute atomic E-state index is 5.83. The van der Waals surface area contributed by atoms with Crippen LogP contribution < -0.4 is 10.1 Å². The lowest BCUT2D eigenvalue weighted by molar-refractivity contribution is 0.173. The van der Waals surface area contributed by atoms with E-state index < -0.39 is 0 Å². The molecule has 1 heterocycles. The zero-order valence-electron chi connectivity index (χ0n) is 12.1. The van der Waals surface area contributed by atoms with Crippen LogP contribution in [-0.2, 0) is 0 Å². The van der Waals surface area contributed by atoms with Gasteiger partial charge in [0.05, 0.1) is 6.61 Å². The second kappa shape index (κ2) is 5.54. The molecule has 1 saturated carbocycles. The summed E-state index contributed by atoms with van der Waals surface area (Å²) in [4.78, 5) is 0. The van der Waals surface area contributed by atoms with Gasteiger partial charge >= 0.3 is 0 Å². The SMILES string of the molecule is CC1COc2ccccc2C1NC(C)C1CCCC1. The first-order valence-electron chi connectivity index (χ1n) is 7.73. The molecule has 3 atom stereocenters. The van der Waals surface area contributed by atoms with Gasteiger partial charge in [0.25, 0.3) is 0 Å². The lowest BCUT2D eigenvalue weighted by Gasteiger charge is -2.35. The van der Waals surface area contributed by atoms with Crippen LogP contribution in [0.3, 0.4) is 0 Å². The van der Waals surface area contributed by atoms with Crippen molar-refractivity contribution in [3.63, 3.8) is 0 Å². The van der Waals surface area contributed by atoms with Crippen LogP contribution in [0.2, 0.25) is 0 Å². The van der Waals surface area contributed by atoms with E-state index in [1.54, 1.807) is 0 Å². The van der Waals surface area contributed by atoms with Crippen LogP contribution in [0.25, 0.3) is 0 Å². The fraction of sp³-hybridized carbons (Fsp3) is 0.647. The molecule has 3 unspecified atom stereocenters. The van der Waals surface area contributed by atoms with Gasteiger partial charge in [0, 0.05) is 23.6 Å². The highest BCUT2D eigenvalue weighted by atomic mass is 16.5. The van der Waals surface area contributed by atoms with Gasteiger partial charge in [0.2, 0.25) is 0 Å². The third kappa shape index (κ3) is 2.64. The molecule has 3 rings (SSSR count). The molecule has 1 aliphatic heterocycles. The van der Waals surface area contributed by atoms with E-state index in [2.05, 4.69) is 43.4 Å². The zero-order chi connectivity index (χ0) is 13.2. The smallest absolute Gasteiger partial charge is 0.124 e. The quantitative estimate of drug-likeness (QED) is 0.888. The summed E-state index contributed by atoms with van der Waals surface area (Å²) in [6.07, 6.45) is 5.62. The van der Waals surface area contributed by atoms with E-state index in [9.17, 15) is 0 Å². The fourth-order valence-electron chi connectivity index (χ4n) is 3.62. The molecule has 0 radical (unpaired) electrons. The normalized spacial score (nSPS) is 28.7. The van der Waals surface area contributed by atoms with Crippen LogP contribution in [0.4, 0.5) is 0 Å². The van der Waals surface area contributed by atoms with E-state index in [1.807, 2.05) is 0 Å². The van der Waals surface area contributed by atoms with Gasteiger partial charge in [-0.3, -0.25) is 0 Å². The van der Waals surface area contributed by atoms with Crippen molar-refractivity contribution < 1.29 is 4.74 Å². The maximum atomic E-state index is 5.83. The van der Waals surface area contributed by atoms with Crippen LogP contribution in [0.5, 0.6) is 5.75 Å². The average molecular weight is 259 g/mol. The van der Waals surface area contributed by atoms with Gasteiger partial charge in [0.15, 0.2) is 0 Å². The van der Waals surface area contributed by atoms with Gasteiger partial charge < -0.3 is 10.1 Å². The number of para-hydroxylation sites is 1. The summed E-state index contributed by atoms with van der Waals surface area (Å²) in [5.41, 5.74) is 1.34. The second-order valence-electron chi connectivity index (χ2n) is 6.30. The Morgan fingerprint density at radius 3 is 2.74 bits per heavy atom. The highest BCUT2D eigenvalue weighted by Gasteiger charge is 2.31. The fourth-order valence-corrected chi connectivity index (χ4v) is 3.62. The van der Waals surface area contributed by atoms with Crippen LogP contribution in [0.1, 0.15) is 51.1 Å². The molecule has 104 valence electrons. The lowest BCUT2D eigenvalue weighted by Crippen LogP contribution is -2.41. The number of benzene rings is 1. The third-order valence-corrected chi connectivity index (χ3v) is 4.87. The van der Waals surface area contributed by atoms with Crippen molar-refractivity contribution in [1.29, 1.82) is 0 Å². The van der Waals surface area contributed by atoms with Crippen molar-refractivity contribution in [2.24, 2.45) is 11.8 Å². The summed E-state index contributed by atoms with van der Waals surface area (Å²) < 4.78 is 5.83. The standard InChI is InChI=1S/C17H25NO/c1-12-11-19-16-10-6-5-9-15(16)17(12)18-13(2)14-7-3-4-8-14/h5-6,9-10,12-14,17-18H,3-4,7-8,11H2,1-2H3. The van der Waals surface area contributed by atoms with Crippen LogP contribution >= 0.6 is 0 Å². The number of rotatable bonds is 3. The maximum Gasteiger partial charge on any atom is 0.124 e. The van der Waals surface area contributed by atoms with E-state index >= 15 is 0 Å². The molecule has 1 aliphatic carbocycles. The Kier molecular flexibility index (Phi) is 3.79. The van der Waals surface area contributed by atoms with E-state index in [0.717, 1.165) is 18.3 Å². The van der Waals surface area contributed by atoms with Crippen molar-refractivity contribution in [2.45, 2.75) is 51.6 Å². The van der Waals surface area contributed by atoms with Crippen molar-refractivity contribution in [3.05, 3.63) is 29.8 Å². The van der Waals surface area contributed by atoms with Crippen LogP contribution in [0.15, 0.2) is 24.3 Å². The van der Waals surface area contributed by atoms with Crippen molar-refractivity contribution in [2.75, 3.05) is 6.61 Å². The predicted octanol–water partition coefficient (Wildman–Crippen LogP) is 3.92. The molecular formula is C17H25NO. The zero-order valence-corrected chi connectivity index (χ0v) is 12.1. The Morgan fingerprint density at radius 1 is 1.21 bits per heavy atom.